The fraction of sp³-hybridized carbons (Fsp3) is 0.240. The number of nitrogens with zero attached hydrogens (tertiary/aromatic N) is 1. The Balaban J connectivity index is 2.09. The van der Waals surface area contributed by atoms with Crippen molar-refractivity contribution in [1.29, 1.82) is 0 Å². The summed E-state index contributed by atoms with van der Waals surface area (Å²) in [7, 11) is 3.11. The number of aliphatic imine (C=N–C) groups is 1. The number of ether oxygens (including phenoxy) is 3. The number of aliphatic hydroxyl groups is 1. The van der Waals surface area contributed by atoms with E-state index in [1.807, 2.05) is 13.0 Å². The minimum Gasteiger partial charge on any atom is -0.506 e. The van der Waals surface area contributed by atoms with Crippen molar-refractivity contribution in [3.05, 3.63) is 74.9 Å². The molecular weight excluding hydrogens is 442 g/mol. The summed E-state index contributed by atoms with van der Waals surface area (Å²) in [6, 6.07) is 10.6. The van der Waals surface area contributed by atoms with Crippen LogP contribution in [0, 0.1) is 13.8 Å². The van der Waals surface area contributed by atoms with Gasteiger partial charge in [-0.1, -0.05) is 30.0 Å². The zero-order chi connectivity index (χ0) is 24.1. The molecule has 1 aliphatic heterocycles. The minimum absolute atomic E-state index is 0.0784. The van der Waals surface area contributed by atoms with Gasteiger partial charge in [0.05, 0.1) is 25.7 Å². The highest BCUT2D eigenvalue weighted by molar-refractivity contribution is 8.18. The maximum atomic E-state index is 12.8. The molecule has 3 rings (SSSR count). The van der Waals surface area contributed by atoms with Gasteiger partial charge in [0.1, 0.15) is 27.9 Å². The summed E-state index contributed by atoms with van der Waals surface area (Å²) in [5.74, 6) is -0.338. The number of esters is 1. The standard InChI is InChI=1S/C25H25NO6S/c1-6-32-25(29)20-21(27)19(13-16-11-12-18(30-4)15(3)22(16)31-5)33-24(20)26-23(28)17-10-8-7-9-14(17)2/h7-13,27H,6H2,1-5H3/b19-13-,26-24?. The van der Waals surface area contributed by atoms with Gasteiger partial charge >= 0.3 is 5.97 Å². The highest BCUT2D eigenvalue weighted by Crippen LogP contribution is 2.41. The Morgan fingerprint density at radius 3 is 2.45 bits per heavy atom. The van der Waals surface area contributed by atoms with Crippen molar-refractivity contribution >= 4 is 34.8 Å². The Kier molecular flexibility index (Phi) is 7.60. The van der Waals surface area contributed by atoms with Gasteiger partial charge in [0.2, 0.25) is 0 Å². The molecule has 0 aliphatic carbocycles. The number of thioether (sulfide) groups is 1. The quantitative estimate of drug-likeness (QED) is 0.596. The number of methoxy groups -OCH3 is 2. The van der Waals surface area contributed by atoms with Crippen LogP contribution in [-0.2, 0) is 9.53 Å². The molecular formula is C25H25NO6S. The maximum absolute atomic E-state index is 12.8. The first-order valence-electron chi connectivity index (χ1n) is 10.2. The minimum atomic E-state index is -0.750. The van der Waals surface area contributed by atoms with E-state index in [-0.39, 0.29) is 23.0 Å². The average molecular weight is 468 g/mol. The summed E-state index contributed by atoms with van der Waals surface area (Å²) in [5.41, 5.74) is 2.49. The van der Waals surface area contributed by atoms with Crippen LogP contribution in [0.15, 0.2) is 57.6 Å². The summed E-state index contributed by atoms with van der Waals surface area (Å²) in [6.07, 6.45) is 1.67. The van der Waals surface area contributed by atoms with Crippen LogP contribution in [-0.4, -0.2) is 42.9 Å². The molecule has 0 saturated heterocycles. The van der Waals surface area contributed by atoms with Crippen LogP contribution < -0.4 is 9.47 Å². The Hall–Kier alpha value is -3.52. The summed E-state index contributed by atoms with van der Waals surface area (Å²) in [5, 5.41) is 11.0. The molecule has 0 saturated carbocycles. The zero-order valence-corrected chi connectivity index (χ0v) is 19.9. The lowest BCUT2D eigenvalue weighted by Gasteiger charge is -2.12. The third-order valence-corrected chi connectivity index (χ3v) is 6.07. The van der Waals surface area contributed by atoms with Crippen LogP contribution in [0.1, 0.15) is 34.0 Å². The van der Waals surface area contributed by atoms with Crippen molar-refractivity contribution < 1.29 is 28.9 Å². The number of hydrogen-bond donors (Lipinski definition) is 1. The second-order valence-corrected chi connectivity index (χ2v) is 8.14. The molecule has 33 heavy (non-hydrogen) atoms. The van der Waals surface area contributed by atoms with E-state index < -0.39 is 11.9 Å². The second-order valence-electron chi connectivity index (χ2n) is 7.11. The third-order valence-electron chi connectivity index (χ3n) is 5.05. The molecule has 0 bridgehead atoms. The van der Waals surface area contributed by atoms with Gasteiger partial charge in [0.15, 0.2) is 0 Å². The first-order valence-corrected chi connectivity index (χ1v) is 11.0. The van der Waals surface area contributed by atoms with E-state index in [2.05, 4.69) is 4.99 Å². The fourth-order valence-electron chi connectivity index (χ4n) is 3.40. The van der Waals surface area contributed by atoms with Crippen molar-refractivity contribution in [2.24, 2.45) is 4.99 Å². The summed E-state index contributed by atoms with van der Waals surface area (Å²) >= 11 is 1.02. The van der Waals surface area contributed by atoms with Crippen molar-refractivity contribution in [1.82, 2.24) is 0 Å². The van der Waals surface area contributed by atoms with Crippen LogP contribution in [0.4, 0.5) is 0 Å². The fourth-order valence-corrected chi connectivity index (χ4v) is 4.40. The van der Waals surface area contributed by atoms with Crippen LogP contribution in [0.2, 0.25) is 0 Å². The van der Waals surface area contributed by atoms with Gasteiger partial charge in [-0.3, -0.25) is 4.79 Å². The SMILES string of the molecule is CCOC(=O)C1=C(O)/C(=C/c2ccc(OC)c(C)c2OC)SC1=NC(=O)c1ccccc1C. The Morgan fingerprint density at radius 2 is 1.82 bits per heavy atom. The maximum Gasteiger partial charge on any atom is 0.344 e. The molecule has 0 spiro atoms. The normalized spacial score (nSPS) is 15.8. The molecule has 8 heteroatoms. The van der Waals surface area contributed by atoms with E-state index in [1.54, 1.807) is 64.5 Å². The molecule has 1 heterocycles. The molecule has 1 aliphatic rings. The highest BCUT2D eigenvalue weighted by Gasteiger charge is 2.34. The monoisotopic (exact) mass is 467 g/mol. The van der Waals surface area contributed by atoms with Gasteiger partial charge in [-0.15, -0.1) is 0 Å². The van der Waals surface area contributed by atoms with Gasteiger partial charge in [0, 0.05) is 16.7 Å². The number of amides is 1. The van der Waals surface area contributed by atoms with Crippen molar-refractivity contribution in [2.45, 2.75) is 20.8 Å². The number of carbonyl (C=O) groups is 2. The lowest BCUT2D eigenvalue weighted by atomic mass is 10.1. The average Bonchev–Trinajstić information content (AvgIpc) is 3.09. The smallest absolute Gasteiger partial charge is 0.344 e. The van der Waals surface area contributed by atoms with E-state index >= 15 is 0 Å². The molecule has 7 nitrogen and oxygen atoms in total. The molecule has 0 atom stereocenters. The molecule has 0 aromatic heterocycles. The van der Waals surface area contributed by atoms with Crippen LogP contribution in [0.5, 0.6) is 11.5 Å². The van der Waals surface area contributed by atoms with Crippen molar-refractivity contribution in [3.8, 4) is 11.5 Å². The molecule has 1 amide bonds. The molecule has 0 radical (unpaired) electrons. The molecule has 2 aromatic carbocycles. The number of aryl methyl sites for hydroxylation is 1. The van der Waals surface area contributed by atoms with Gasteiger partial charge in [-0.05, 0) is 50.6 Å². The number of hydrogen-bond acceptors (Lipinski definition) is 7. The summed E-state index contributed by atoms with van der Waals surface area (Å²) in [6.45, 7) is 5.44. The third kappa shape index (κ3) is 4.96. The molecule has 0 unspecified atom stereocenters. The Bertz CT molecular complexity index is 1200. The van der Waals surface area contributed by atoms with E-state index in [1.165, 1.54) is 0 Å². The number of benzene rings is 2. The molecule has 1 N–H and O–H groups in total. The number of rotatable bonds is 6. The van der Waals surface area contributed by atoms with Crippen molar-refractivity contribution in [2.75, 3.05) is 20.8 Å². The van der Waals surface area contributed by atoms with Gasteiger partial charge in [-0.2, -0.15) is 0 Å². The predicted molar refractivity (Wildman–Crippen MR) is 129 cm³/mol. The van der Waals surface area contributed by atoms with E-state index in [0.29, 0.717) is 27.5 Å². The van der Waals surface area contributed by atoms with Crippen molar-refractivity contribution in [3.63, 3.8) is 0 Å². The summed E-state index contributed by atoms with van der Waals surface area (Å²) in [4.78, 5) is 29.9. The van der Waals surface area contributed by atoms with Crippen LogP contribution >= 0.6 is 11.8 Å². The van der Waals surface area contributed by atoms with Gasteiger partial charge < -0.3 is 19.3 Å². The number of aliphatic hydroxyl groups excluding tert-OH is 1. The zero-order valence-electron chi connectivity index (χ0n) is 19.1. The Morgan fingerprint density at radius 1 is 1.09 bits per heavy atom. The predicted octanol–water partition coefficient (Wildman–Crippen LogP) is 5.02. The Labute approximate surface area is 196 Å². The largest absolute Gasteiger partial charge is 0.506 e. The second kappa shape index (κ2) is 10.4. The lowest BCUT2D eigenvalue weighted by molar-refractivity contribution is -0.138. The molecule has 0 fully saturated rings. The van der Waals surface area contributed by atoms with Crippen LogP contribution in [0.25, 0.3) is 6.08 Å². The topological polar surface area (TPSA) is 94.4 Å². The van der Waals surface area contributed by atoms with Crippen LogP contribution in [0.3, 0.4) is 0 Å². The first-order chi connectivity index (χ1) is 15.8. The lowest BCUT2D eigenvalue weighted by Crippen LogP contribution is -2.14. The molecule has 172 valence electrons. The molecule has 2 aromatic rings. The number of carbonyl (C=O) groups excluding carboxylic acids is 2. The first kappa shape index (κ1) is 24.1. The van der Waals surface area contributed by atoms with Gasteiger partial charge in [0.25, 0.3) is 5.91 Å². The van der Waals surface area contributed by atoms with E-state index in [4.69, 9.17) is 14.2 Å². The van der Waals surface area contributed by atoms with E-state index in [0.717, 1.165) is 22.9 Å². The highest BCUT2D eigenvalue weighted by atomic mass is 32.2. The van der Waals surface area contributed by atoms with Gasteiger partial charge in [-0.25, -0.2) is 9.79 Å². The summed E-state index contributed by atoms with van der Waals surface area (Å²) < 4.78 is 16.0. The van der Waals surface area contributed by atoms with E-state index in [9.17, 15) is 14.7 Å².